The number of furan rings is 1. The van der Waals surface area contributed by atoms with Crippen LogP contribution in [0.4, 0.5) is 0 Å². The Morgan fingerprint density at radius 1 is 0.826 bits per heavy atom. The molecule has 0 aliphatic heterocycles. The second-order valence-corrected chi connectivity index (χ2v) is 5.41. The first-order valence-corrected chi connectivity index (χ1v) is 7.39. The molecule has 4 nitrogen and oxygen atoms in total. The molecule has 0 aliphatic rings. The molecule has 4 heteroatoms. The Morgan fingerprint density at radius 3 is 2.74 bits per heavy atom. The highest BCUT2D eigenvalue weighted by atomic mass is 16.3. The van der Waals surface area contributed by atoms with Crippen LogP contribution in [-0.4, -0.2) is 15.2 Å². The van der Waals surface area contributed by atoms with Crippen LogP contribution in [0.25, 0.3) is 44.1 Å². The molecule has 0 N–H and O–H groups in total. The van der Waals surface area contributed by atoms with Crippen LogP contribution in [0.1, 0.15) is 0 Å². The monoisotopic (exact) mass is 297 g/mol. The average molecular weight is 297 g/mol. The molecule has 3 aromatic heterocycles. The molecule has 5 rings (SSSR count). The van der Waals surface area contributed by atoms with Crippen molar-refractivity contribution in [3.63, 3.8) is 0 Å². The molecule has 0 amide bonds. The van der Waals surface area contributed by atoms with Crippen LogP contribution in [0, 0.1) is 0 Å². The van der Waals surface area contributed by atoms with E-state index in [-0.39, 0.29) is 0 Å². The number of hydrogen-bond donors (Lipinski definition) is 0. The quantitative estimate of drug-likeness (QED) is 0.454. The summed E-state index contributed by atoms with van der Waals surface area (Å²) < 4.78 is 5.92. The van der Waals surface area contributed by atoms with E-state index in [1.54, 1.807) is 12.4 Å². The van der Waals surface area contributed by atoms with Crippen LogP contribution in [0.5, 0.6) is 0 Å². The van der Waals surface area contributed by atoms with Crippen molar-refractivity contribution >= 4 is 32.8 Å². The lowest BCUT2D eigenvalue weighted by Gasteiger charge is -2.05. The van der Waals surface area contributed by atoms with Crippen molar-refractivity contribution < 1.29 is 4.42 Å². The Labute approximate surface area is 131 Å². The van der Waals surface area contributed by atoms with E-state index in [0.717, 1.165) is 44.1 Å². The van der Waals surface area contributed by atoms with Gasteiger partial charge in [0, 0.05) is 22.5 Å². The molecule has 108 valence electrons. The minimum Gasteiger partial charge on any atom is -0.454 e. The Kier molecular flexibility index (Phi) is 2.46. The van der Waals surface area contributed by atoms with Crippen LogP contribution in [0.15, 0.2) is 71.4 Å². The lowest BCUT2D eigenvalue weighted by Crippen LogP contribution is -1.90. The summed E-state index contributed by atoms with van der Waals surface area (Å²) in [5.41, 5.74) is 4.29. The number of benzene rings is 2. The third kappa shape index (κ3) is 1.75. The number of fused-ring (bicyclic) bond motifs is 4. The minimum atomic E-state index is 0.781. The van der Waals surface area contributed by atoms with E-state index in [0.29, 0.717) is 0 Å². The van der Waals surface area contributed by atoms with Crippen molar-refractivity contribution in [2.75, 3.05) is 0 Å². The fourth-order valence-corrected chi connectivity index (χ4v) is 3.06. The largest absolute Gasteiger partial charge is 0.454 e. The Morgan fingerprint density at radius 2 is 1.74 bits per heavy atom. The lowest BCUT2D eigenvalue weighted by molar-refractivity contribution is 0.668. The molecule has 23 heavy (non-hydrogen) atoms. The second kappa shape index (κ2) is 4.61. The van der Waals surface area contributed by atoms with Gasteiger partial charge in [-0.3, -0.25) is 4.98 Å². The van der Waals surface area contributed by atoms with E-state index in [1.165, 1.54) is 0 Å². The van der Waals surface area contributed by atoms with Crippen LogP contribution in [-0.2, 0) is 0 Å². The van der Waals surface area contributed by atoms with E-state index >= 15 is 0 Å². The zero-order valence-corrected chi connectivity index (χ0v) is 12.1. The normalized spacial score (nSPS) is 11.5. The van der Waals surface area contributed by atoms with Gasteiger partial charge in [-0.05, 0) is 18.2 Å². The minimum absolute atomic E-state index is 0.781. The molecule has 0 atom stereocenters. The maximum Gasteiger partial charge on any atom is 0.153 e. The maximum atomic E-state index is 5.92. The molecule has 5 aromatic rings. The van der Waals surface area contributed by atoms with Crippen LogP contribution >= 0.6 is 0 Å². The zero-order chi connectivity index (χ0) is 15.2. The highest BCUT2D eigenvalue weighted by Crippen LogP contribution is 2.36. The molecule has 0 radical (unpaired) electrons. The summed E-state index contributed by atoms with van der Waals surface area (Å²) in [5, 5.41) is 11.7. The lowest BCUT2D eigenvalue weighted by atomic mass is 10.0. The fraction of sp³-hybridized carbons (Fsp3) is 0. The standard InChI is InChI=1S/C19H11N3O/c1-2-6-13-12(5-1)11-21-22-18(13)14-7-3-8-15-17(14)19-16(23-15)9-4-10-20-19/h1-11H. The first-order chi connectivity index (χ1) is 11.4. The number of aromatic nitrogens is 3. The zero-order valence-electron chi connectivity index (χ0n) is 12.1. The van der Waals surface area contributed by atoms with Gasteiger partial charge in [-0.25, -0.2) is 0 Å². The first-order valence-electron chi connectivity index (χ1n) is 7.39. The molecular formula is C19H11N3O. The topological polar surface area (TPSA) is 51.8 Å². The molecular weight excluding hydrogens is 286 g/mol. The summed E-state index contributed by atoms with van der Waals surface area (Å²) in [5.74, 6) is 0. The number of rotatable bonds is 1. The second-order valence-electron chi connectivity index (χ2n) is 5.41. The van der Waals surface area contributed by atoms with Gasteiger partial charge in [-0.2, -0.15) is 5.10 Å². The van der Waals surface area contributed by atoms with E-state index in [9.17, 15) is 0 Å². The molecule has 2 aromatic carbocycles. The molecule has 0 spiro atoms. The summed E-state index contributed by atoms with van der Waals surface area (Å²) in [7, 11) is 0. The summed E-state index contributed by atoms with van der Waals surface area (Å²) >= 11 is 0. The van der Waals surface area contributed by atoms with Gasteiger partial charge >= 0.3 is 0 Å². The van der Waals surface area contributed by atoms with Gasteiger partial charge < -0.3 is 4.42 Å². The van der Waals surface area contributed by atoms with Crippen LogP contribution in [0.2, 0.25) is 0 Å². The average Bonchev–Trinajstić information content (AvgIpc) is 3.00. The molecule has 3 heterocycles. The smallest absolute Gasteiger partial charge is 0.153 e. The van der Waals surface area contributed by atoms with Gasteiger partial charge in [0.25, 0.3) is 0 Å². The van der Waals surface area contributed by atoms with Gasteiger partial charge in [0.05, 0.1) is 11.6 Å². The van der Waals surface area contributed by atoms with E-state index in [2.05, 4.69) is 21.2 Å². The molecule has 0 saturated heterocycles. The summed E-state index contributed by atoms with van der Waals surface area (Å²) in [6.07, 6.45) is 3.56. The third-order valence-electron chi connectivity index (χ3n) is 4.08. The van der Waals surface area contributed by atoms with Gasteiger partial charge in [0.2, 0.25) is 0 Å². The highest BCUT2D eigenvalue weighted by Gasteiger charge is 2.15. The molecule has 0 fully saturated rings. The Hall–Kier alpha value is -3.27. The van der Waals surface area contributed by atoms with Crippen molar-refractivity contribution in [1.82, 2.24) is 15.2 Å². The fourth-order valence-electron chi connectivity index (χ4n) is 3.06. The van der Waals surface area contributed by atoms with E-state index in [1.807, 2.05) is 48.5 Å². The number of hydrogen-bond acceptors (Lipinski definition) is 4. The predicted molar refractivity (Wildman–Crippen MR) is 90.0 cm³/mol. The van der Waals surface area contributed by atoms with Crippen molar-refractivity contribution in [2.45, 2.75) is 0 Å². The van der Waals surface area contributed by atoms with Gasteiger partial charge in [0.1, 0.15) is 16.8 Å². The third-order valence-corrected chi connectivity index (χ3v) is 4.08. The predicted octanol–water partition coefficient (Wildman–Crippen LogP) is 4.59. The molecule has 0 unspecified atom stereocenters. The summed E-state index contributed by atoms with van der Waals surface area (Å²) in [4.78, 5) is 4.49. The number of nitrogens with zero attached hydrogens (tertiary/aromatic N) is 3. The van der Waals surface area contributed by atoms with Gasteiger partial charge in [0.15, 0.2) is 5.58 Å². The molecule has 0 saturated carbocycles. The van der Waals surface area contributed by atoms with Crippen molar-refractivity contribution in [3.8, 4) is 11.3 Å². The Bertz CT molecular complexity index is 1170. The van der Waals surface area contributed by atoms with E-state index in [4.69, 9.17) is 4.42 Å². The highest BCUT2D eigenvalue weighted by molar-refractivity contribution is 6.12. The molecule has 0 bridgehead atoms. The SMILES string of the molecule is c1ccc2c(-c3cccc4oc5cccnc5c34)nncc2c1. The van der Waals surface area contributed by atoms with Gasteiger partial charge in [-0.15, -0.1) is 5.10 Å². The summed E-state index contributed by atoms with van der Waals surface area (Å²) in [6, 6.07) is 17.9. The number of pyridine rings is 1. The van der Waals surface area contributed by atoms with Crippen LogP contribution in [0.3, 0.4) is 0 Å². The van der Waals surface area contributed by atoms with Crippen molar-refractivity contribution in [1.29, 1.82) is 0 Å². The van der Waals surface area contributed by atoms with Crippen LogP contribution < -0.4 is 0 Å². The molecule has 0 aliphatic carbocycles. The first kappa shape index (κ1) is 12.3. The van der Waals surface area contributed by atoms with Crippen molar-refractivity contribution in [2.24, 2.45) is 0 Å². The van der Waals surface area contributed by atoms with E-state index < -0.39 is 0 Å². The summed E-state index contributed by atoms with van der Waals surface area (Å²) in [6.45, 7) is 0. The maximum absolute atomic E-state index is 5.92. The van der Waals surface area contributed by atoms with Crippen molar-refractivity contribution in [3.05, 3.63) is 67.0 Å². The Balaban J connectivity index is 1.96. The van der Waals surface area contributed by atoms with Gasteiger partial charge in [-0.1, -0.05) is 36.4 Å².